The minimum absolute atomic E-state index is 0.144. The van der Waals surface area contributed by atoms with Crippen molar-refractivity contribution in [1.29, 1.82) is 0 Å². The minimum atomic E-state index is -0.421. The number of carbonyl (C=O) groups excluding carboxylic acids is 1. The maximum Gasteiger partial charge on any atom is 0.357 e. The Balaban J connectivity index is 2.31. The van der Waals surface area contributed by atoms with Gasteiger partial charge in [0.25, 0.3) is 0 Å². The van der Waals surface area contributed by atoms with Crippen LogP contribution >= 0.6 is 0 Å². The molecule has 5 nitrogen and oxygen atoms in total. The zero-order chi connectivity index (χ0) is 10.8. The molecule has 2 aromatic rings. The fourth-order valence-electron chi connectivity index (χ4n) is 1.21. The summed E-state index contributed by atoms with van der Waals surface area (Å²) >= 11 is 0. The Morgan fingerprint density at radius 2 is 2.27 bits per heavy atom. The van der Waals surface area contributed by atoms with E-state index in [4.69, 9.17) is 4.74 Å². The normalized spacial score (nSPS) is 10.9. The topological polar surface area (TPSA) is 67.9 Å². The van der Waals surface area contributed by atoms with E-state index < -0.39 is 5.97 Å². The van der Waals surface area contributed by atoms with Gasteiger partial charge in [0.2, 0.25) is 0 Å². The molecule has 15 heavy (non-hydrogen) atoms. The van der Waals surface area contributed by atoms with Crippen molar-refractivity contribution in [1.82, 2.24) is 15.0 Å². The van der Waals surface area contributed by atoms with Gasteiger partial charge in [-0.05, 0) is 26.0 Å². The van der Waals surface area contributed by atoms with Crippen LogP contribution < -0.4 is 0 Å². The maximum atomic E-state index is 11.5. The molecule has 2 heterocycles. The van der Waals surface area contributed by atoms with Crippen LogP contribution in [0.4, 0.5) is 0 Å². The van der Waals surface area contributed by atoms with Gasteiger partial charge >= 0.3 is 5.97 Å². The highest BCUT2D eigenvalue weighted by atomic mass is 16.5. The number of esters is 1. The Hall–Kier alpha value is -1.91. The number of nitrogens with one attached hydrogen (secondary N) is 1. The molecule has 0 spiro atoms. The number of fused-ring (bicyclic) bond motifs is 1. The van der Waals surface area contributed by atoms with Crippen molar-refractivity contribution in [3.05, 3.63) is 24.2 Å². The first-order valence-corrected chi connectivity index (χ1v) is 4.68. The van der Waals surface area contributed by atoms with Gasteiger partial charge in [-0.3, -0.25) is 0 Å². The van der Waals surface area contributed by atoms with E-state index in [9.17, 15) is 4.79 Å². The Morgan fingerprint density at radius 1 is 1.47 bits per heavy atom. The predicted molar refractivity (Wildman–Crippen MR) is 54.4 cm³/mol. The van der Waals surface area contributed by atoms with Gasteiger partial charge in [0, 0.05) is 0 Å². The van der Waals surface area contributed by atoms with E-state index in [1.54, 1.807) is 26.0 Å². The summed E-state index contributed by atoms with van der Waals surface area (Å²) in [6, 6.07) is 3.37. The lowest BCUT2D eigenvalue weighted by atomic mass is 10.3. The quantitative estimate of drug-likeness (QED) is 0.755. The molecule has 0 saturated carbocycles. The van der Waals surface area contributed by atoms with Gasteiger partial charge in [0.15, 0.2) is 11.3 Å². The summed E-state index contributed by atoms with van der Waals surface area (Å²) in [6.45, 7) is 3.59. The van der Waals surface area contributed by atoms with Crippen LogP contribution in [0.5, 0.6) is 0 Å². The second kappa shape index (κ2) is 3.68. The van der Waals surface area contributed by atoms with Crippen molar-refractivity contribution in [2.75, 3.05) is 0 Å². The van der Waals surface area contributed by atoms with Crippen molar-refractivity contribution >= 4 is 17.1 Å². The molecule has 0 unspecified atom stereocenters. The highest BCUT2D eigenvalue weighted by molar-refractivity contribution is 5.89. The van der Waals surface area contributed by atoms with Crippen molar-refractivity contribution in [2.45, 2.75) is 20.0 Å². The first kappa shape index (κ1) is 9.64. The molecule has 0 aliphatic carbocycles. The molecule has 0 aromatic carbocycles. The second-order valence-corrected chi connectivity index (χ2v) is 3.42. The van der Waals surface area contributed by atoms with Gasteiger partial charge in [-0.25, -0.2) is 14.8 Å². The van der Waals surface area contributed by atoms with Crippen molar-refractivity contribution < 1.29 is 9.53 Å². The number of rotatable bonds is 2. The number of H-pyrrole nitrogens is 1. The van der Waals surface area contributed by atoms with Crippen LogP contribution in [0.1, 0.15) is 24.3 Å². The standard InChI is InChI=1S/C10H11N3O2/c1-6(2)15-10(14)8-4-3-7-9(13-8)12-5-11-7/h3-6H,1-2H3,(H,11,12,13). The summed E-state index contributed by atoms with van der Waals surface area (Å²) in [7, 11) is 0. The molecule has 0 bridgehead atoms. The second-order valence-electron chi connectivity index (χ2n) is 3.42. The average molecular weight is 205 g/mol. The first-order chi connectivity index (χ1) is 7.16. The zero-order valence-electron chi connectivity index (χ0n) is 8.52. The summed E-state index contributed by atoms with van der Waals surface area (Å²) in [6.07, 6.45) is 1.39. The summed E-state index contributed by atoms with van der Waals surface area (Å²) in [5.41, 5.74) is 1.60. The molecule has 2 rings (SSSR count). The number of carbonyl (C=O) groups is 1. The number of nitrogens with zero attached hydrogens (tertiary/aromatic N) is 2. The van der Waals surface area contributed by atoms with Crippen LogP contribution in [0, 0.1) is 0 Å². The molecule has 2 aromatic heterocycles. The third-order valence-electron chi connectivity index (χ3n) is 1.83. The van der Waals surface area contributed by atoms with Crippen LogP contribution in [-0.2, 0) is 4.74 Å². The number of hydrogen-bond donors (Lipinski definition) is 1. The molecule has 0 radical (unpaired) electrons. The first-order valence-electron chi connectivity index (χ1n) is 4.68. The van der Waals surface area contributed by atoms with Crippen LogP contribution in [0.3, 0.4) is 0 Å². The zero-order valence-corrected chi connectivity index (χ0v) is 8.52. The Bertz CT molecular complexity index is 490. The molecule has 0 atom stereocenters. The van der Waals surface area contributed by atoms with Gasteiger partial charge in [-0.2, -0.15) is 0 Å². The van der Waals surface area contributed by atoms with Gasteiger partial charge < -0.3 is 9.72 Å². The smallest absolute Gasteiger partial charge is 0.357 e. The molecular weight excluding hydrogens is 194 g/mol. The summed E-state index contributed by atoms with van der Waals surface area (Å²) in [4.78, 5) is 22.4. The Kier molecular flexibility index (Phi) is 2.37. The lowest BCUT2D eigenvalue weighted by Crippen LogP contribution is -2.12. The summed E-state index contributed by atoms with van der Waals surface area (Å²) < 4.78 is 5.02. The average Bonchev–Trinajstić information content (AvgIpc) is 2.62. The molecule has 0 aliphatic rings. The Morgan fingerprint density at radius 3 is 3.00 bits per heavy atom. The van der Waals surface area contributed by atoms with Crippen LogP contribution in [0.25, 0.3) is 11.2 Å². The highest BCUT2D eigenvalue weighted by Crippen LogP contribution is 2.08. The van der Waals surface area contributed by atoms with Crippen LogP contribution in [0.15, 0.2) is 18.5 Å². The van der Waals surface area contributed by atoms with E-state index in [-0.39, 0.29) is 11.8 Å². The van der Waals surface area contributed by atoms with E-state index >= 15 is 0 Å². The molecular formula is C10H11N3O2. The fourth-order valence-corrected chi connectivity index (χ4v) is 1.21. The van der Waals surface area contributed by atoms with Gasteiger partial charge in [-0.1, -0.05) is 0 Å². The maximum absolute atomic E-state index is 11.5. The lowest BCUT2D eigenvalue weighted by Gasteiger charge is -2.06. The SMILES string of the molecule is CC(C)OC(=O)c1ccc2[nH]cnc2n1. The summed E-state index contributed by atoms with van der Waals surface area (Å²) in [5, 5.41) is 0. The van der Waals surface area contributed by atoms with E-state index in [1.165, 1.54) is 6.33 Å². The van der Waals surface area contributed by atoms with Gasteiger partial charge in [-0.15, -0.1) is 0 Å². The molecule has 0 fully saturated rings. The van der Waals surface area contributed by atoms with Crippen molar-refractivity contribution in [3.8, 4) is 0 Å². The monoisotopic (exact) mass is 205 g/mol. The van der Waals surface area contributed by atoms with Crippen LogP contribution in [-0.4, -0.2) is 27.0 Å². The van der Waals surface area contributed by atoms with E-state index in [0.29, 0.717) is 5.65 Å². The molecule has 1 N–H and O–H groups in total. The largest absolute Gasteiger partial charge is 0.458 e. The van der Waals surface area contributed by atoms with E-state index in [2.05, 4.69) is 15.0 Å². The Labute approximate surface area is 86.5 Å². The minimum Gasteiger partial charge on any atom is -0.458 e. The number of aromatic amines is 1. The summed E-state index contributed by atoms with van der Waals surface area (Å²) in [5.74, 6) is -0.421. The highest BCUT2D eigenvalue weighted by Gasteiger charge is 2.11. The van der Waals surface area contributed by atoms with Crippen molar-refractivity contribution in [3.63, 3.8) is 0 Å². The molecule has 5 heteroatoms. The molecule has 0 saturated heterocycles. The van der Waals surface area contributed by atoms with Crippen LogP contribution in [0.2, 0.25) is 0 Å². The molecule has 0 aliphatic heterocycles. The number of hydrogen-bond acceptors (Lipinski definition) is 4. The van der Waals surface area contributed by atoms with E-state index in [0.717, 1.165) is 5.52 Å². The predicted octanol–water partition coefficient (Wildman–Crippen LogP) is 1.52. The van der Waals surface area contributed by atoms with Crippen molar-refractivity contribution in [2.24, 2.45) is 0 Å². The number of pyridine rings is 1. The van der Waals surface area contributed by atoms with E-state index in [1.807, 2.05) is 0 Å². The third-order valence-corrected chi connectivity index (χ3v) is 1.83. The fraction of sp³-hybridized carbons (Fsp3) is 0.300. The number of ether oxygens (including phenoxy) is 1. The molecule has 0 amide bonds. The molecule has 78 valence electrons. The van der Waals surface area contributed by atoms with Gasteiger partial charge in [0.1, 0.15) is 0 Å². The number of aromatic nitrogens is 3. The van der Waals surface area contributed by atoms with Gasteiger partial charge in [0.05, 0.1) is 17.9 Å². The number of imidazole rings is 1. The third kappa shape index (κ3) is 1.96. The lowest BCUT2D eigenvalue weighted by molar-refractivity contribution is 0.0371.